The minimum absolute atomic E-state index is 0.0868. The molecule has 23 heavy (non-hydrogen) atoms. The fraction of sp³-hybridized carbons (Fsp3) is 0.500. The Bertz CT molecular complexity index is 673. The second-order valence-corrected chi connectivity index (χ2v) is 7.82. The van der Waals surface area contributed by atoms with Crippen molar-refractivity contribution in [2.24, 2.45) is 0 Å². The molecule has 7 nitrogen and oxygen atoms in total. The van der Waals surface area contributed by atoms with Crippen LogP contribution in [0.1, 0.15) is 6.92 Å². The highest BCUT2D eigenvalue weighted by molar-refractivity contribution is 8.13. The third kappa shape index (κ3) is 4.73. The number of anilines is 1. The summed E-state index contributed by atoms with van der Waals surface area (Å²) in [5, 5.41) is 2.71. The Kier molecular flexibility index (Phi) is 5.72. The Hall–Kier alpha value is -1.51. The van der Waals surface area contributed by atoms with Gasteiger partial charge in [0.25, 0.3) is 9.05 Å². The van der Waals surface area contributed by atoms with Gasteiger partial charge in [0.1, 0.15) is 5.75 Å². The number of likely N-dealkylation sites (N-methyl/N-ethyl adjacent to an activating group) is 1. The van der Waals surface area contributed by atoms with Gasteiger partial charge in [0.05, 0.1) is 17.2 Å². The number of nitrogens with one attached hydrogen (secondary N) is 1. The van der Waals surface area contributed by atoms with E-state index in [9.17, 15) is 13.2 Å². The Morgan fingerprint density at radius 3 is 2.52 bits per heavy atom. The lowest BCUT2D eigenvalue weighted by atomic mass is 10.3. The van der Waals surface area contributed by atoms with Crippen LogP contribution < -0.4 is 10.1 Å². The molecule has 1 saturated heterocycles. The van der Waals surface area contributed by atoms with Crippen LogP contribution in [0.15, 0.2) is 23.1 Å². The normalized spacial score (nSPS) is 16.2. The van der Waals surface area contributed by atoms with Gasteiger partial charge in [-0.15, -0.1) is 0 Å². The molecule has 0 bridgehead atoms. The zero-order chi connectivity index (χ0) is 17.0. The zero-order valence-electron chi connectivity index (χ0n) is 13.1. The molecular formula is C14H20ClN3O4S. The largest absolute Gasteiger partial charge is 0.492 e. The highest BCUT2D eigenvalue weighted by atomic mass is 35.7. The van der Waals surface area contributed by atoms with E-state index in [1.807, 2.05) is 7.05 Å². The second kappa shape index (κ2) is 7.37. The SMILES string of the molecule is CCOc1ccc(S(=O)(=O)Cl)cc1NC(=O)N1CCN(C)CC1. The summed E-state index contributed by atoms with van der Waals surface area (Å²) in [7, 11) is 3.48. The predicted molar refractivity (Wildman–Crippen MR) is 88.7 cm³/mol. The van der Waals surface area contributed by atoms with Crippen LogP contribution in [0.25, 0.3) is 0 Å². The minimum atomic E-state index is -3.88. The van der Waals surface area contributed by atoms with Crippen LogP contribution in [-0.2, 0) is 9.05 Å². The summed E-state index contributed by atoms with van der Waals surface area (Å²) in [5.74, 6) is 0.402. The predicted octanol–water partition coefficient (Wildman–Crippen LogP) is 1.79. The van der Waals surface area contributed by atoms with Gasteiger partial charge >= 0.3 is 6.03 Å². The number of benzene rings is 1. The van der Waals surface area contributed by atoms with Gasteiger partial charge in [0.15, 0.2) is 0 Å². The first kappa shape index (κ1) is 17.8. The summed E-state index contributed by atoms with van der Waals surface area (Å²) in [5.41, 5.74) is 0.289. The van der Waals surface area contributed by atoms with Crippen molar-refractivity contribution < 1.29 is 17.9 Å². The van der Waals surface area contributed by atoms with Gasteiger partial charge in [-0.2, -0.15) is 0 Å². The topological polar surface area (TPSA) is 78.9 Å². The van der Waals surface area contributed by atoms with Crippen molar-refractivity contribution in [3.63, 3.8) is 0 Å². The van der Waals surface area contributed by atoms with Crippen molar-refractivity contribution in [1.82, 2.24) is 9.80 Å². The van der Waals surface area contributed by atoms with Crippen molar-refractivity contribution in [3.8, 4) is 5.75 Å². The number of ether oxygens (including phenoxy) is 1. The number of carbonyl (C=O) groups is 1. The third-order valence-corrected chi connectivity index (χ3v) is 4.92. The van der Waals surface area contributed by atoms with E-state index in [0.29, 0.717) is 25.4 Å². The summed E-state index contributed by atoms with van der Waals surface area (Å²) in [6.07, 6.45) is 0. The summed E-state index contributed by atoms with van der Waals surface area (Å²) in [4.78, 5) is 16.1. The highest BCUT2D eigenvalue weighted by Crippen LogP contribution is 2.29. The standard InChI is InChI=1S/C14H20ClN3O4S/c1-3-22-13-5-4-11(23(15,20)21)10-12(13)16-14(19)18-8-6-17(2)7-9-18/h4-5,10H,3,6-9H2,1-2H3,(H,16,19). The Morgan fingerprint density at radius 2 is 1.96 bits per heavy atom. The van der Waals surface area contributed by atoms with Gasteiger partial charge in [-0.1, -0.05) is 0 Å². The van der Waals surface area contributed by atoms with E-state index in [4.69, 9.17) is 15.4 Å². The van der Waals surface area contributed by atoms with Gasteiger partial charge in [-0.3, -0.25) is 0 Å². The highest BCUT2D eigenvalue weighted by Gasteiger charge is 2.21. The van der Waals surface area contributed by atoms with Crippen molar-refractivity contribution in [1.29, 1.82) is 0 Å². The molecule has 1 aliphatic rings. The molecule has 9 heteroatoms. The molecule has 1 aliphatic heterocycles. The van der Waals surface area contributed by atoms with Crippen LogP contribution in [0.3, 0.4) is 0 Å². The lowest BCUT2D eigenvalue weighted by Gasteiger charge is -2.32. The minimum Gasteiger partial charge on any atom is -0.492 e. The monoisotopic (exact) mass is 361 g/mol. The van der Waals surface area contributed by atoms with Gasteiger partial charge in [0.2, 0.25) is 0 Å². The average molecular weight is 362 g/mol. The fourth-order valence-electron chi connectivity index (χ4n) is 2.24. The molecule has 128 valence electrons. The molecule has 2 rings (SSSR count). The van der Waals surface area contributed by atoms with Gasteiger partial charge in [-0.25, -0.2) is 13.2 Å². The van der Waals surface area contributed by atoms with Gasteiger partial charge in [0, 0.05) is 36.9 Å². The van der Waals surface area contributed by atoms with Crippen molar-refractivity contribution >= 4 is 31.5 Å². The molecule has 0 spiro atoms. The molecule has 1 aromatic rings. The molecule has 0 unspecified atom stereocenters. The van der Waals surface area contributed by atoms with Crippen LogP contribution in [-0.4, -0.2) is 64.1 Å². The first-order valence-corrected chi connectivity index (χ1v) is 9.58. The lowest BCUT2D eigenvalue weighted by Crippen LogP contribution is -2.48. The van der Waals surface area contributed by atoms with E-state index in [0.717, 1.165) is 13.1 Å². The number of hydrogen-bond donors (Lipinski definition) is 1. The first-order chi connectivity index (χ1) is 10.8. The number of carbonyl (C=O) groups excluding carboxylic acids is 1. The van der Waals surface area contributed by atoms with Crippen LogP contribution >= 0.6 is 10.7 Å². The van der Waals surface area contributed by atoms with E-state index >= 15 is 0 Å². The molecule has 1 fully saturated rings. The second-order valence-electron chi connectivity index (χ2n) is 5.25. The lowest BCUT2D eigenvalue weighted by molar-refractivity contribution is 0.164. The molecule has 1 heterocycles. The van der Waals surface area contributed by atoms with Crippen molar-refractivity contribution in [2.45, 2.75) is 11.8 Å². The maximum Gasteiger partial charge on any atom is 0.322 e. The smallest absolute Gasteiger partial charge is 0.322 e. The maximum atomic E-state index is 12.3. The Balaban J connectivity index is 2.20. The van der Waals surface area contributed by atoms with Crippen molar-refractivity contribution in [2.75, 3.05) is 45.2 Å². The molecule has 0 atom stereocenters. The quantitative estimate of drug-likeness (QED) is 0.827. The number of urea groups is 1. The average Bonchev–Trinajstić information content (AvgIpc) is 2.48. The van der Waals surface area contributed by atoms with Crippen LogP contribution in [0.5, 0.6) is 5.75 Å². The van der Waals surface area contributed by atoms with E-state index in [-0.39, 0.29) is 16.6 Å². The van der Waals surface area contributed by atoms with E-state index in [1.54, 1.807) is 11.8 Å². The molecule has 0 aromatic heterocycles. The van der Waals surface area contributed by atoms with Crippen LogP contribution in [0.2, 0.25) is 0 Å². The maximum absolute atomic E-state index is 12.3. The summed E-state index contributed by atoms with van der Waals surface area (Å²) in [6, 6.07) is 3.85. The molecule has 0 saturated carbocycles. The third-order valence-electron chi connectivity index (χ3n) is 3.56. The summed E-state index contributed by atoms with van der Waals surface area (Å²) < 4.78 is 28.4. The van der Waals surface area contributed by atoms with E-state index in [1.165, 1.54) is 18.2 Å². The first-order valence-electron chi connectivity index (χ1n) is 7.27. The Labute approximate surface area is 140 Å². The van der Waals surface area contributed by atoms with Crippen LogP contribution in [0.4, 0.5) is 10.5 Å². The van der Waals surface area contributed by atoms with Gasteiger partial charge in [-0.05, 0) is 32.2 Å². The molecular weight excluding hydrogens is 342 g/mol. The molecule has 0 radical (unpaired) electrons. The summed E-state index contributed by atoms with van der Waals surface area (Å²) in [6.45, 7) is 5.01. The zero-order valence-corrected chi connectivity index (χ0v) is 14.7. The number of amides is 2. The molecule has 2 amide bonds. The number of rotatable bonds is 4. The Morgan fingerprint density at radius 1 is 1.30 bits per heavy atom. The summed E-state index contributed by atoms with van der Waals surface area (Å²) >= 11 is 0. The molecule has 1 aromatic carbocycles. The molecule has 0 aliphatic carbocycles. The number of hydrogen-bond acceptors (Lipinski definition) is 5. The number of piperazine rings is 1. The van der Waals surface area contributed by atoms with E-state index < -0.39 is 9.05 Å². The van der Waals surface area contributed by atoms with Gasteiger partial charge < -0.3 is 19.9 Å². The molecule has 1 N–H and O–H groups in total. The van der Waals surface area contributed by atoms with E-state index in [2.05, 4.69) is 10.2 Å². The number of halogens is 1. The van der Waals surface area contributed by atoms with Crippen LogP contribution in [0, 0.1) is 0 Å². The van der Waals surface area contributed by atoms with Crippen molar-refractivity contribution in [3.05, 3.63) is 18.2 Å². The number of nitrogens with zero attached hydrogens (tertiary/aromatic N) is 2. The fourth-order valence-corrected chi connectivity index (χ4v) is 3.02.